The molecule has 0 spiro atoms. The third-order valence-corrected chi connectivity index (χ3v) is 4.94. The van der Waals surface area contributed by atoms with Gasteiger partial charge in [0, 0.05) is 18.8 Å². The second-order valence-corrected chi connectivity index (χ2v) is 7.47. The van der Waals surface area contributed by atoms with Gasteiger partial charge in [-0.2, -0.15) is 0 Å². The molecule has 0 atom stereocenters. The van der Waals surface area contributed by atoms with E-state index in [1.54, 1.807) is 12.3 Å². The number of nitrogens with one attached hydrogen (secondary N) is 3. The first-order valence-electron chi connectivity index (χ1n) is 8.30. The molecule has 0 saturated heterocycles. The summed E-state index contributed by atoms with van der Waals surface area (Å²) in [5.41, 5.74) is 1.35. The van der Waals surface area contributed by atoms with E-state index in [-0.39, 0.29) is 16.6 Å². The number of nitrogens with zero attached hydrogens (tertiary/aromatic N) is 3. The van der Waals surface area contributed by atoms with E-state index in [4.69, 9.17) is 0 Å². The quantitative estimate of drug-likeness (QED) is 0.557. The van der Waals surface area contributed by atoms with Crippen molar-refractivity contribution in [3.05, 3.63) is 66.5 Å². The zero-order valence-corrected chi connectivity index (χ0v) is 15.8. The van der Waals surface area contributed by atoms with Crippen LogP contribution < -0.4 is 15.4 Å². The number of rotatable bonds is 7. The van der Waals surface area contributed by atoms with Gasteiger partial charge in [-0.1, -0.05) is 6.07 Å². The Morgan fingerprint density at radius 1 is 0.964 bits per heavy atom. The van der Waals surface area contributed by atoms with E-state index in [0.29, 0.717) is 18.1 Å². The number of anilines is 3. The van der Waals surface area contributed by atoms with Crippen LogP contribution in [0, 0.1) is 0 Å². The number of hydrogen-bond acceptors (Lipinski definition) is 7. The highest BCUT2D eigenvalue weighted by atomic mass is 32.2. The summed E-state index contributed by atoms with van der Waals surface area (Å²) in [6, 6.07) is 14.5. The molecule has 0 aliphatic carbocycles. The lowest BCUT2D eigenvalue weighted by atomic mass is 10.3. The molecule has 3 aromatic rings. The number of amides is 1. The lowest BCUT2D eigenvalue weighted by Crippen LogP contribution is -2.15. The lowest BCUT2D eigenvalue weighted by molar-refractivity contribution is -0.114. The molecule has 0 unspecified atom stereocenters. The van der Waals surface area contributed by atoms with Crippen molar-refractivity contribution in [2.75, 3.05) is 15.4 Å². The monoisotopic (exact) mass is 398 g/mol. The molecular weight excluding hydrogens is 380 g/mol. The Bertz CT molecular complexity index is 1040. The largest absolute Gasteiger partial charge is 0.363 e. The Morgan fingerprint density at radius 3 is 2.29 bits per heavy atom. The summed E-state index contributed by atoms with van der Waals surface area (Å²) in [6.07, 6.45) is 1.70. The molecule has 0 radical (unpaired) electrons. The first kappa shape index (κ1) is 19.2. The molecular formula is C18H18N6O3S. The molecule has 0 saturated carbocycles. The molecule has 144 valence electrons. The van der Waals surface area contributed by atoms with Gasteiger partial charge >= 0.3 is 0 Å². The average molecular weight is 398 g/mol. The molecule has 9 nitrogen and oxygen atoms in total. The minimum atomic E-state index is -3.82. The molecule has 1 amide bonds. The summed E-state index contributed by atoms with van der Waals surface area (Å²) >= 11 is 0. The summed E-state index contributed by atoms with van der Waals surface area (Å²) in [4.78, 5) is 15.3. The van der Waals surface area contributed by atoms with Crippen LogP contribution in [-0.2, 0) is 21.4 Å². The number of aromatic nitrogens is 3. The van der Waals surface area contributed by atoms with E-state index < -0.39 is 10.0 Å². The number of carbonyl (C=O) groups excluding carboxylic acids is 1. The fraction of sp³-hybridized carbons (Fsp3) is 0.111. The normalized spacial score (nSPS) is 10.9. The molecule has 0 aliphatic heterocycles. The van der Waals surface area contributed by atoms with Crippen LogP contribution in [0.15, 0.2) is 65.7 Å². The highest BCUT2D eigenvalue weighted by Crippen LogP contribution is 2.17. The third kappa shape index (κ3) is 5.24. The van der Waals surface area contributed by atoms with E-state index in [9.17, 15) is 13.2 Å². The predicted molar refractivity (Wildman–Crippen MR) is 105 cm³/mol. The van der Waals surface area contributed by atoms with Crippen LogP contribution in [-0.4, -0.2) is 29.5 Å². The zero-order chi connectivity index (χ0) is 20.0. The van der Waals surface area contributed by atoms with Crippen LogP contribution in [0.5, 0.6) is 0 Å². The van der Waals surface area contributed by atoms with E-state index in [1.165, 1.54) is 37.3 Å². The van der Waals surface area contributed by atoms with Crippen molar-refractivity contribution in [2.45, 2.75) is 18.4 Å². The van der Waals surface area contributed by atoms with Gasteiger partial charge in [0.2, 0.25) is 5.91 Å². The molecule has 28 heavy (non-hydrogen) atoms. The predicted octanol–water partition coefficient (Wildman–Crippen LogP) is 2.24. The molecule has 0 bridgehead atoms. The molecule has 2 heterocycles. The van der Waals surface area contributed by atoms with Gasteiger partial charge < -0.3 is 10.6 Å². The summed E-state index contributed by atoms with van der Waals surface area (Å²) in [5, 5.41) is 13.5. The minimum Gasteiger partial charge on any atom is -0.363 e. The number of benzene rings is 1. The Balaban J connectivity index is 1.63. The van der Waals surface area contributed by atoms with Crippen LogP contribution in [0.4, 0.5) is 17.3 Å². The number of carbonyl (C=O) groups is 1. The second kappa shape index (κ2) is 8.44. The van der Waals surface area contributed by atoms with E-state index in [2.05, 4.69) is 30.5 Å². The SMILES string of the molecule is CC(=O)Nc1ccc(S(=O)(=O)Nc2ccc(NCc3ccccn3)nn2)cc1. The standard InChI is InChI=1S/C18H18N6O3S/c1-13(25)21-14-5-7-16(8-6-14)28(26,27)24-18-10-9-17(22-23-18)20-12-15-4-2-3-11-19-15/h2-11H,12H2,1H3,(H,20,22)(H,21,25)(H,23,24). The number of pyridine rings is 1. The van der Waals surface area contributed by atoms with Gasteiger partial charge in [0.05, 0.1) is 17.1 Å². The molecule has 0 fully saturated rings. The second-order valence-electron chi connectivity index (χ2n) is 5.79. The summed E-state index contributed by atoms with van der Waals surface area (Å²) < 4.78 is 27.2. The van der Waals surface area contributed by atoms with Crippen LogP contribution >= 0.6 is 0 Å². The molecule has 0 aliphatic rings. The van der Waals surface area contributed by atoms with Crippen LogP contribution in [0.1, 0.15) is 12.6 Å². The van der Waals surface area contributed by atoms with Gasteiger partial charge in [-0.05, 0) is 48.5 Å². The smallest absolute Gasteiger partial charge is 0.263 e. The van der Waals surface area contributed by atoms with Crippen molar-refractivity contribution in [1.82, 2.24) is 15.2 Å². The average Bonchev–Trinajstić information content (AvgIpc) is 2.68. The molecule has 3 N–H and O–H groups in total. The van der Waals surface area contributed by atoms with Crippen molar-refractivity contribution in [3.8, 4) is 0 Å². The Labute approximate surface area is 162 Å². The van der Waals surface area contributed by atoms with Gasteiger partial charge in [0.25, 0.3) is 10.0 Å². The van der Waals surface area contributed by atoms with Crippen molar-refractivity contribution >= 4 is 33.3 Å². The maximum Gasteiger partial charge on any atom is 0.263 e. The Hall–Kier alpha value is -3.53. The fourth-order valence-corrected chi connectivity index (χ4v) is 3.28. The van der Waals surface area contributed by atoms with Gasteiger partial charge in [0.15, 0.2) is 5.82 Å². The Morgan fingerprint density at radius 2 is 1.68 bits per heavy atom. The summed E-state index contributed by atoms with van der Waals surface area (Å²) in [5.74, 6) is 0.350. The van der Waals surface area contributed by atoms with Gasteiger partial charge in [-0.25, -0.2) is 8.42 Å². The first-order chi connectivity index (χ1) is 13.4. The fourth-order valence-electron chi connectivity index (χ4n) is 2.28. The van der Waals surface area contributed by atoms with E-state index in [1.807, 2.05) is 18.2 Å². The maximum atomic E-state index is 12.4. The van der Waals surface area contributed by atoms with Crippen molar-refractivity contribution < 1.29 is 13.2 Å². The van der Waals surface area contributed by atoms with Crippen molar-refractivity contribution in [1.29, 1.82) is 0 Å². The highest BCUT2D eigenvalue weighted by molar-refractivity contribution is 7.92. The van der Waals surface area contributed by atoms with Gasteiger partial charge in [-0.3, -0.25) is 14.5 Å². The number of sulfonamides is 1. The highest BCUT2D eigenvalue weighted by Gasteiger charge is 2.15. The molecule has 10 heteroatoms. The summed E-state index contributed by atoms with van der Waals surface area (Å²) in [7, 11) is -3.82. The Kier molecular flexibility index (Phi) is 5.80. The van der Waals surface area contributed by atoms with Crippen LogP contribution in [0.2, 0.25) is 0 Å². The van der Waals surface area contributed by atoms with Crippen molar-refractivity contribution in [3.63, 3.8) is 0 Å². The van der Waals surface area contributed by atoms with Gasteiger partial charge in [-0.15, -0.1) is 10.2 Å². The minimum absolute atomic E-state index is 0.0424. The number of hydrogen-bond donors (Lipinski definition) is 3. The van der Waals surface area contributed by atoms with Crippen LogP contribution in [0.3, 0.4) is 0 Å². The molecule has 1 aromatic carbocycles. The van der Waals surface area contributed by atoms with E-state index in [0.717, 1.165) is 5.69 Å². The topological polar surface area (TPSA) is 126 Å². The third-order valence-electron chi connectivity index (χ3n) is 3.57. The van der Waals surface area contributed by atoms with Gasteiger partial charge in [0.1, 0.15) is 5.82 Å². The van der Waals surface area contributed by atoms with E-state index >= 15 is 0 Å². The summed E-state index contributed by atoms with van der Waals surface area (Å²) in [6.45, 7) is 1.85. The molecule has 2 aromatic heterocycles. The maximum absolute atomic E-state index is 12.4. The van der Waals surface area contributed by atoms with Crippen molar-refractivity contribution in [2.24, 2.45) is 0 Å². The van der Waals surface area contributed by atoms with Crippen LogP contribution in [0.25, 0.3) is 0 Å². The molecule has 3 rings (SSSR count). The first-order valence-corrected chi connectivity index (χ1v) is 9.79. The lowest BCUT2D eigenvalue weighted by Gasteiger charge is -2.09. The zero-order valence-electron chi connectivity index (χ0n) is 15.0.